The lowest BCUT2D eigenvalue weighted by molar-refractivity contribution is -0.139. The first-order valence-corrected chi connectivity index (χ1v) is 9.21. The summed E-state index contributed by atoms with van der Waals surface area (Å²) in [6, 6.07) is 12.2. The van der Waals surface area contributed by atoms with Crippen molar-refractivity contribution in [3.05, 3.63) is 63.8 Å². The van der Waals surface area contributed by atoms with Gasteiger partial charge in [0.25, 0.3) is 5.91 Å². The number of nitrogens with one attached hydrogen (secondary N) is 1. The third-order valence-electron chi connectivity index (χ3n) is 3.70. The van der Waals surface area contributed by atoms with Crippen molar-refractivity contribution in [3.63, 3.8) is 0 Å². The van der Waals surface area contributed by atoms with Gasteiger partial charge in [-0.05, 0) is 48.4 Å². The van der Waals surface area contributed by atoms with Crippen LogP contribution in [0, 0.1) is 0 Å². The molecule has 0 saturated carbocycles. The highest BCUT2D eigenvalue weighted by Crippen LogP contribution is 2.33. The summed E-state index contributed by atoms with van der Waals surface area (Å²) in [4.78, 5) is 24.9. The summed E-state index contributed by atoms with van der Waals surface area (Å²) in [6.07, 6.45) is 2.23. The van der Waals surface area contributed by atoms with Gasteiger partial charge in [-0.3, -0.25) is 4.79 Å². The maximum atomic E-state index is 12.5. The lowest BCUT2D eigenvalue weighted by Crippen LogP contribution is -2.28. The van der Waals surface area contributed by atoms with E-state index in [0.29, 0.717) is 29.0 Å². The van der Waals surface area contributed by atoms with E-state index in [-0.39, 0.29) is 19.1 Å². The number of halogens is 1. The molecule has 3 rings (SSSR count). The van der Waals surface area contributed by atoms with Gasteiger partial charge in [0.15, 0.2) is 11.5 Å². The molecule has 1 amide bonds. The zero-order valence-electron chi connectivity index (χ0n) is 14.7. The quantitative estimate of drug-likeness (QED) is 0.554. The van der Waals surface area contributed by atoms with Gasteiger partial charge in [0.2, 0.25) is 6.79 Å². The Morgan fingerprint density at radius 1 is 1.19 bits per heavy atom. The highest BCUT2D eigenvalue weighted by Gasteiger charge is 2.18. The van der Waals surface area contributed by atoms with Crippen LogP contribution in [0.1, 0.15) is 29.3 Å². The Balaban J connectivity index is 1.86. The lowest BCUT2D eigenvalue weighted by atomic mass is 10.1. The van der Waals surface area contributed by atoms with Crippen LogP contribution in [-0.4, -0.2) is 25.3 Å². The molecule has 1 aliphatic heterocycles. The Kier molecular flexibility index (Phi) is 6.13. The number of carbonyl (C=O) groups is 2. The van der Waals surface area contributed by atoms with Crippen LogP contribution < -0.4 is 14.8 Å². The van der Waals surface area contributed by atoms with Gasteiger partial charge in [-0.2, -0.15) is 0 Å². The number of benzene rings is 2. The fourth-order valence-corrected chi connectivity index (χ4v) is 2.81. The number of hydrogen-bond acceptors (Lipinski definition) is 5. The first-order valence-electron chi connectivity index (χ1n) is 8.42. The second kappa shape index (κ2) is 8.73. The molecule has 0 radical (unpaired) electrons. The van der Waals surface area contributed by atoms with Crippen LogP contribution >= 0.6 is 15.9 Å². The second-order valence-corrected chi connectivity index (χ2v) is 6.69. The lowest BCUT2D eigenvalue weighted by Gasteiger charge is -2.10. The van der Waals surface area contributed by atoms with Crippen molar-refractivity contribution in [2.45, 2.75) is 13.3 Å². The molecule has 0 fully saturated rings. The summed E-state index contributed by atoms with van der Waals surface area (Å²) in [6.45, 7) is 2.33. The molecular weight excluding hydrogens is 414 g/mol. The van der Waals surface area contributed by atoms with E-state index < -0.39 is 11.9 Å². The van der Waals surface area contributed by atoms with Crippen LogP contribution in [0.15, 0.2) is 52.6 Å². The van der Waals surface area contributed by atoms with Gasteiger partial charge in [0.05, 0.1) is 6.61 Å². The molecule has 0 aliphatic carbocycles. The van der Waals surface area contributed by atoms with Crippen molar-refractivity contribution in [3.8, 4) is 11.5 Å². The number of fused-ring (bicyclic) bond motifs is 1. The molecule has 2 aromatic carbocycles. The number of esters is 1. The Morgan fingerprint density at radius 2 is 2.00 bits per heavy atom. The van der Waals surface area contributed by atoms with Crippen LogP contribution in [0.25, 0.3) is 6.08 Å². The zero-order valence-corrected chi connectivity index (χ0v) is 16.2. The van der Waals surface area contributed by atoms with Crippen molar-refractivity contribution in [1.29, 1.82) is 0 Å². The van der Waals surface area contributed by atoms with E-state index in [9.17, 15) is 9.59 Å². The van der Waals surface area contributed by atoms with Crippen LogP contribution in [0.4, 0.5) is 0 Å². The number of amides is 1. The Labute approximate surface area is 165 Å². The fourth-order valence-electron chi connectivity index (χ4n) is 2.41. The highest BCUT2D eigenvalue weighted by atomic mass is 79.9. The minimum absolute atomic E-state index is 0.0484. The number of carbonyl (C=O) groups excluding carboxylic acids is 2. The molecule has 0 saturated heterocycles. The Morgan fingerprint density at radius 3 is 2.78 bits per heavy atom. The van der Waals surface area contributed by atoms with Gasteiger partial charge in [-0.15, -0.1) is 0 Å². The van der Waals surface area contributed by atoms with E-state index >= 15 is 0 Å². The summed E-state index contributed by atoms with van der Waals surface area (Å²) in [5.74, 6) is 0.221. The minimum atomic E-state index is -0.599. The van der Waals surface area contributed by atoms with Crippen molar-refractivity contribution >= 4 is 33.9 Å². The molecule has 2 aromatic rings. The van der Waals surface area contributed by atoms with E-state index in [2.05, 4.69) is 21.2 Å². The molecule has 27 heavy (non-hydrogen) atoms. The van der Waals surface area contributed by atoms with Crippen molar-refractivity contribution in [2.75, 3.05) is 13.4 Å². The predicted molar refractivity (Wildman–Crippen MR) is 103 cm³/mol. The molecule has 7 heteroatoms. The molecule has 1 aliphatic rings. The molecule has 0 unspecified atom stereocenters. The average molecular weight is 432 g/mol. The summed E-state index contributed by atoms with van der Waals surface area (Å²) >= 11 is 3.33. The predicted octanol–water partition coefficient (Wildman–Crippen LogP) is 3.90. The molecule has 1 heterocycles. The summed E-state index contributed by atoms with van der Waals surface area (Å²) in [5, 5.41) is 2.64. The van der Waals surface area contributed by atoms with Gasteiger partial charge in [0, 0.05) is 10.0 Å². The molecule has 0 aromatic heterocycles. The van der Waals surface area contributed by atoms with Gasteiger partial charge >= 0.3 is 5.97 Å². The summed E-state index contributed by atoms with van der Waals surface area (Å²) in [7, 11) is 0. The first kappa shape index (κ1) is 19.0. The van der Waals surface area contributed by atoms with Gasteiger partial charge < -0.3 is 19.5 Å². The summed E-state index contributed by atoms with van der Waals surface area (Å²) in [5.41, 5.74) is 1.15. The highest BCUT2D eigenvalue weighted by molar-refractivity contribution is 9.10. The van der Waals surface area contributed by atoms with Crippen LogP contribution in [0.3, 0.4) is 0 Å². The van der Waals surface area contributed by atoms with E-state index in [1.165, 1.54) is 0 Å². The average Bonchev–Trinajstić information content (AvgIpc) is 3.13. The van der Waals surface area contributed by atoms with E-state index in [0.717, 1.165) is 4.47 Å². The Bertz CT molecular complexity index is 894. The fraction of sp³-hybridized carbons (Fsp3) is 0.200. The van der Waals surface area contributed by atoms with Gasteiger partial charge in [0.1, 0.15) is 5.70 Å². The molecule has 6 nitrogen and oxygen atoms in total. The maximum absolute atomic E-state index is 12.5. The van der Waals surface area contributed by atoms with Crippen LogP contribution in [0.5, 0.6) is 11.5 Å². The Hall–Kier alpha value is -2.80. The normalized spacial score (nSPS) is 12.6. The molecule has 1 N–H and O–H groups in total. The minimum Gasteiger partial charge on any atom is -0.461 e. The second-order valence-electron chi connectivity index (χ2n) is 5.77. The maximum Gasteiger partial charge on any atom is 0.354 e. The van der Waals surface area contributed by atoms with E-state index in [1.807, 2.05) is 13.0 Å². The smallest absolute Gasteiger partial charge is 0.354 e. The van der Waals surface area contributed by atoms with E-state index in [1.54, 1.807) is 42.5 Å². The number of ether oxygens (including phenoxy) is 3. The first-order chi connectivity index (χ1) is 13.1. The topological polar surface area (TPSA) is 73.9 Å². The van der Waals surface area contributed by atoms with Crippen molar-refractivity contribution in [1.82, 2.24) is 5.32 Å². The van der Waals surface area contributed by atoms with Gasteiger partial charge in [-0.1, -0.05) is 35.0 Å². The third-order valence-corrected chi connectivity index (χ3v) is 4.19. The number of rotatable bonds is 6. The molecule has 0 atom stereocenters. The zero-order chi connectivity index (χ0) is 19.2. The summed E-state index contributed by atoms with van der Waals surface area (Å²) < 4.78 is 16.6. The SMILES string of the molecule is CCCOC(=O)/C(=C/c1ccc2c(c1)OCO2)NC(=O)c1cccc(Br)c1. The number of hydrogen-bond donors (Lipinski definition) is 1. The van der Waals surface area contributed by atoms with Gasteiger partial charge in [-0.25, -0.2) is 4.79 Å². The van der Waals surface area contributed by atoms with Crippen molar-refractivity contribution < 1.29 is 23.8 Å². The standard InChI is InChI=1S/C20H18BrNO5/c1-2-8-25-20(24)16(22-19(23)14-4-3-5-15(21)11-14)9-13-6-7-17-18(10-13)27-12-26-17/h3-7,9-11H,2,8,12H2,1H3,(H,22,23)/b16-9-. The monoisotopic (exact) mass is 431 g/mol. The third kappa shape index (κ3) is 4.89. The van der Waals surface area contributed by atoms with Crippen LogP contribution in [-0.2, 0) is 9.53 Å². The molecule has 0 spiro atoms. The van der Waals surface area contributed by atoms with E-state index in [4.69, 9.17) is 14.2 Å². The van der Waals surface area contributed by atoms with Crippen molar-refractivity contribution in [2.24, 2.45) is 0 Å². The molecular formula is C20H18BrNO5. The molecule has 0 bridgehead atoms. The van der Waals surface area contributed by atoms with Crippen LogP contribution in [0.2, 0.25) is 0 Å². The largest absolute Gasteiger partial charge is 0.461 e. The molecule has 140 valence electrons.